The van der Waals surface area contributed by atoms with Crippen LogP contribution in [0.2, 0.25) is 0 Å². The summed E-state index contributed by atoms with van der Waals surface area (Å²) in [5.41, 5.74) is 2.32. The van der Waals surface area contributed by atoms with Gasteiger partial charge in [-0.05, 0) is 29.7 Å². The van der Waals surface area contributed by atoms with Crippen LogP contribution < -0.4 is 9.47 Å². The van der Waals surface area contributed by atoms with Gasteiger partial charge in [-0.3, -0.25) is 0 Å². The summed E-state index contributed by atoms with van der Waals surface area (Å²) in [7, 11) is -0.562. The van der Waals surface area contributed by atoms with Crippen LogP contribution in [0.5, 0.6) is 11.5 Å². The fourth-order valence-electron chi connectivity index (χ4n) is 2.91. The quantitative estimate of drug-likeness (QED) is 0.823. The van der Waals surface area contributed by atoms with Gasteiger partial charge in [-0.1, -0.05) is 36.4 Å². The van der Waals surface area contributed by atoms with E-state index >= 15 is 0 Å². The molecule has 0 spiro atoms. The Hall–Kier alpha value is -2.31. The number of sulfonamides is 1. The topological polar surface area (TPSA) is 55.8 Å². The second kappa shape index (κ2) is 7.29. The van der Waals surface area contributed by atoms with Crippen LogP contribution in [0, 0.1) is 0 Å². The average Bonchev–Trinajstić information content (AvgIpc) is 2.68. The van der Waals surface area contributed by atoms with E-state index in [1.165, 1.54) is 30.2 Å². The molecule has 0 aliphatic carbocycles. The highest BCUT2D eigenvalue weighted by atomic mass is 32.2. The molecule has 1 aliphatic heterocycles. The summed E-state index contributed by atoms with van der Waals surface area (Å²) in [6, 6.07) is 14.7. The summed E-state index contributed by atoms with van der Waals surface area (Å²) in [6.45, 7) is 0.818. The fraction of sp³-hybridized carbons (Fsp3) is 0.263. The Labute approximate surface area is 148 Å². The van der Waals surface area contributed by atoms with E-state index in [0.29, 0.717) is 31.0 Å². The van der Waals surface area contributed by atoms with Crippen molar-refractivity contribution in [2.45, 2.75) is 11.3 Å². The van der Waals surface area contributed by atoms with Crippen LogP contribution in [0.15, 0.2) is 59.5 Å². The highest BCUT2D eigenvalue weighted by Gasteiger charge is 2.27. The standard InChI is InChI=1S/C19H21NO4S/c1-23-18-9-8-17(14-19(18)24-2)25(21,22)20-12-10-16(11-13-20)15-6-4-3-5-7-15/h3-10,14H,11-13H2,1-2H3. The molecule has 3 rings (SSSR count). The maximum atomic E-state index is 12.9. The molecular weight excluding hydrogens is 338 g/mol. The van der Waals surface area contributed by atoms with Crippen molar-refractivity contribution >= 4 is 15.6 Å². The lowest BCUT2D eigenvalue weighted by molar-refractivity contribution is 0.353. The van der Waals surface area contributed by atoms with E-state index in [9.17, 15) is 8.42 Å². The van der Waals surface area contributed by atoms with Crippen LogP contribution in [0.1, 0.15) is 12.0 Å². The van der Waals surface area contributed by atoms with Gasteiger partial charge in [0, 0.05) is 19.2 Å². The van der Waals surface area contributed by atoms with Gasteiger partial charge in [-0.2, -0.15) is 4.31 Å². The van der Waals surface area contributed by atoms with Crippen molar-refractivity contribution in [2.75, 3.05) is 27.3 Å². The molecule has 0 saturated carbocycles. The second-order valence-corrected chi connectivity index (χ2v) is 7.66. The number of hydrogen-bond acceptors (Lipinski definition) is 4. The van der Waals surface area contributed by atoms with Crippen molar-refractivity contribution < 1.29 is 17.9 Å². The monoisotopic (exact) mass is 359 g/mol. The summed E-state index contributed by atoms with van der Waals surface area (Å²) >= 11 is 0. The summed E-state index contributed by atoms with van der Waals surface area (Å²) in [5, 5.41) is 0. The van der Waals surface area contributed by atoms with E-state index in [-0.39, 0.29) is 4.90 Å². The summed E-state index contributed by atoms with van der Waals surface area (Å²) < 4.78 is 37.7. The molecule has 0 bridgehead atoms. The van der Waals surface area contributed by atoms with Crippen molar-refractivity contribution in [3.05, 3.63) is 60.2 Å². The molecule has 132 valence electrons. The smallest absolute Gasteiger partial charge is 0.243 e. The lowest BCUT2D eigenvalue weighted by Crippen LogP contribution is -2.34. The third-order valence-electron chi connectivity index (χ3n) is 4.31. The van der Waals surface area contributed by atoms with E-state index in [1.807, 2.05) is 36.4 Å². The fourth-order valence-corrected chi connectivity index (χ4v) is 4.31. The number of methoxy groups -OCH3 is 2. The number of benzene rings is 2. The molecule has 25 heavy (non-hydrogen) atoms. The first kappa shape index (κ1) is 17.5. The van der Waals surface area contributed by atoms with Gasteiger partial charge >= 0.3 is 0 Å². The molecule has 1 heterocycles. The minimum atomic E-state index is -3.57. The first-order chi connectivity index (χ1) is 12.1. The Bertz CT molecular complexity index is 876. The van der Waals surface area contributed by atoms with E-state index in [0.717, 1.165) is 5.56 Å². The predicted octanol–water partition coefficient (Wildman–Crippen LogP) is 3.18. The van der Waals surface area contributed by atoms with Crippen LogP contribution in [0.4, 0.5) is 0 Å². The number of nitrogens with zero attached hydrogens (tertiary/aromatic N) is 1. The van der Waals surface area contributed by atoms with Crippen molar-refractivity contribution in [1.29, 1.82) is 0 Å². The van der Waals surface area contributed by atoms with Crippen molar-refractivity contribution in [3.8, 4) is 11.5 Å². The van der Waals surface area contributed by atoms with Gasteiger partial charge < -0.3 is 9.47 Å². The van der Waals surface area contributed by atoms with E-state index < -0.39 is 10.0 Å². The van der Waals surface area contributed by atoms with E-state index in [4.69, 9.17) is 9.47 Å². The molecule has 5 nitrogen and oxygen atoms in total. The van der Waals surface area contributed by atoms with Gasteiger partial charge in [-0.15, -0.1) is 0 Å². The largest absolute Gasteiger partial charge is 0.493 e. The van der Waals surface area contributed by atoms with Crippen LogP contribution in [0.3, 0.4) is 0 Å². The number of rotatable bonds is 5. The third kappa shape index (κ3) is 3.55. The molecule has 2 aromatic carbocycles. The molecule has 0 fully saturated rings. The maximum Gasteiger partial charge on any atom is 0.243 e. The molecular formula is C19H21NO4S. The minimum absolute atomic E-state index is 0.210. The van der Waals surface area contributed by atoms with Crippen LogP contribution in [-0.4, -0.2) is 40.0 Å². The first-order valence-electron chi connectivity index (χ1n) is 8.03. The maximum absolute atomic E-state index is 12.9. The predicted molar refractivity (Wildman–Crippen MR) is 97.3 cm³/mol. The van der Waals surface area contributed by atoms with Crippen LogP contribution in [-0.2, 0) is 10.0 Å². The highest BCUT2D eigenvalue weighted by molar-refractivity contribution is 7.89. The van der Waals surface area contributed by atoms with Gasteiger partial charge in [0.05, 0.1) is 19.1 Å². The van der Waals surface area contributed by atoms with Crippen LogP contribution in [0.25, 0.3) is 5.57 Å². The minimum Gasteiger partial charge on any atom is -0.493 e. The zero-order chi connectivity index (χ0) is 17.9. The zero-order valence-corrected chi connectivity index (χ0v) is 15.1. The summed E-state index contributed by atoms with van der Waals surface area (Å²) in [5.74, 6) is 0.910. The zero-order valence-electron chi connectivity index (χ0n) is 14.3. The normalized spacial score (nSPS) is 15.5. The Balaban J connectivity index is 1.84. The van der Waals surface area contributed by atoms with Gasteiger partial charge in [0.15, 0.2) is 11.5 Å². The lowest BCUT2D eigenvalue weighted by Gasteiger charge is -2.26. The van der Waals surface area contributed by atoms with E-state index in [2.05, 4.69) is 0 Å². The molecule has 0 radical (unpaired) electrons. The Morgan fingerprint density at radius 2 is 1.68 bits per heavy atom. The Morgan fingerprint density at radius 3 is 2.28 bits per heavy atom. The van der Waals surface area contributed by atoms with Gasteiger partial charge in [0.2, 0.25) is 10.0 Å². The third-order valence-corrected chi connectivity index (χ3v) is 6.17. The number of hydrogen-bond donors (Lipinski definition) is 0. The van der Waals surface area contributed by atoms with E-state index in [1.54, 1.807) is 12.1 Å². The Kier molecular flexibility index (Phi) is 5.11. The molecule has 2 aromatic rings. The second-order valence-electron chi connectivity index (χ2n) is 5.73. The molecule has 6 heteroatoms. The summed E-state index contributed by atoms with van der Waals surface area (Å²) in [6.07, 6.45) is 2.67. The molecule has 0 unspecified atom stereocenters. The van der Waals surface area contributed by atoms with Gasteiger partial charge in [-0.25, -0.2) is 8.42 Å². The Morgan fingerprint density at radius 1 is 0.960 bits per heavy atom. The SMILES string of the molecule is COc1ccc(S(=O)(=O)N2CC=C(c3ccccc3)CC2)cc1OC. The molecule has 0 aromatic heterocycles. The lowest BCUT2D eigenvalue weighted by atomic mass is 10.0. The van der Waals surface area contributed by atoms with Crippen molar-refractivity contribution in [3.63, 3.8) is 0 Å². The molecule has 0 amide bonds. The summed E-state index contributed by atoms with van der Waals surface area (Å²) in [4.78, 5) is 0.210. The highest BCUT2D eigenvalue weighted by Crippen LogP contribution is 2.32. The first-order valence-corrected chi connectivity index (χ1v) is 9.47. The van der Waals surface area contributed by atoms with Gasteiger partial charge in [0.1, 0.15) is 0 Å². The molecule has 1 aliphatic rings. The van der Waals surface area contributed by atoms with Crippen molar-refractivity contribution in [2.24, 2.45) is 0 Å². The van der Waals surface area contributed by atoms with Gasteiger partial charge in [0.25, 0.3) is 0 Å². The average molecular weight is 359 g/mol. The number of ether oxygens (including phenoxy) is 2. The molecule has 0 N–H and O–H groups in total. The van der Waals surface area contributed by atoms with Crippen molar-refractivity contribution in [1.82, 2.24) is 4.31 Å². The molecule has 0 saturated heterocycles. The van der Waals surface area contributed by atoms with Crippen LogP contribution >= 0.6 is 0 Å². The molecule has 0 atom stereocenters.